The number of anilines is 6. The molecule has 6 aliphatic rings. The first-order chi connectivity index (χ1) is 64.2. The normalized spacial score (nSPS) is 14.3. The van der Waals surface area contributed by atoms with E-state index in [1.165, 1.54) is 105 Å². The lowest BCUT2D eigenvalue weighted by atomic mass is 9.70. The quantitative estimate of drug-likeness (QED) is 0.0658. The number of para-hydroxylation sites is 4. The van der Waals surface area contributed by atoms with E-state index in [0.29, 0.717) is 54.0 Å². The molecule has 3 aromatic heterocycles. The molecule has 2 aliphatic heterocycles. The minimum atomic E-state index is -1.06. The summed E-state index contributed by atoms with van der Waals surface area (Å²) < 4.78 is 15.0. The lowest BCUT2D eigenvalue weighted by Crippen LogP contribution is -2.31. The average Bonchev–Trinajstić information content (AvgIpc) is 1.52. The Labute approximate surface area is 760 Å². The van der Waals surface area contributed by atoms with E-state index in [2.05, 4.69) is 322 Å². The fraction of sp³-hybridized carbons (Fsp3) is 0.113. The van der Waals surface area contributed by atoms with Crippen LogP contribution in [0.2, 0.25) is 0 Å². The summed E-state index contributed by atoms with van der Waals surface area (Å²) in [6.07, 6.45) is 0. The average molecular weight is 1720 g/mol. The number of nitrogens with zero attached hydrogens (tertiary/aromatic N) is 9. The summed E-state index contributed by atoms with van der Waals surface area (Å²) in [5.74, 6) is 3.43. The van der Waals surface area contributed by atoms with Crippen molar-refractivity contribution < 1.29 is 18.5 Å². The minimum Gasteiger partial charge on any atom is -0.354 e. The Morgan fingerprint density at radius 2 is 0.649 bits per heavy atom. The fourth-order valence-electron chi connectivity index (χ4n) is 21.7. The topological polar surface area (TPSA) is 170 Å². The van der Waals surface area contributed by atoms with Gasteiger partial charge in [-0.05, 0) is 191 Å². The minimum absolute atomic E-state index is 0.0668. The monoisotopic (exact) mass is 1720 g/mol. The number of nitro benzene ring substituents is 1. The standard InChI is InChI=1S/C55H37N5O2.C55H37N5.C5H13O3P/c1-54(2)46-25-13-15-27-49(46)59(50-31-29-35(33-47(50)54)37-18-9-14-26-48(37)60(61)62)53-57-51(34-16-4-3-5-17-34)56-52(58-53)36-28-30-45-41(32-36)40-21-8-12-24-44(40)55(45)42-22-10-6-19-38(42)39-20-7-11-23-43(39)55;1-54(2)45-25-13-15-27-49(45)60(50-32-48-40(31-46(50)54)38-21-9-14-26-47(38)56-48)53-58-51(33-16-4-3-5-17-33)57-52(59-53)34-28-29-44-39(30-34)37-20-8-12-24-43(37)55(44)41-22-10-6-18-35(41)36-19-7-11-23-42(36)55;1-4-7-9(6-3)8-5-2/h3-33H,1-2H3;3-32,56H,1-2H3;4-5H2,1-3H3. The Hall–Kier alpha value is -15.4. The number of benzene rings is 16. The number of hydrogen-bond donors (Lipinski definition) is 1. The number of rotatable bonds is 13. The molecule has 0 unspecified atom stereocenters. The third-order valence-electron chi connectivity index (χ3n) is 27.3. The van der Waals surface area contributed by atoms with Crippen molar-refractivity contribution in [3.05, 3.63) is 447 Å². The van der Waals surface area contributed by atoms with Crippen LogP contribution in [-0.2, 0) is 35.2 Å². The van der Waals surface area contributed by atoms with Gasteiger partial charge in [-0.2, -0.15) is 19.9 Å². The fourth-order valence-corrected chi connectivity index (χ4v) is 22.4. The molecule has 0 bridgehead atoms. The van der Waals surface area contributed by atoms with Crippen molar-refractivity contribution in [2.45, 2.75) is 63.2 Å². The Balaban J connectivity index is 0.000000136. The zero-order valence-electron chi connectivity index (χ0n) is 73.1. The van der Waals surface area contributed by atoms with E-state index in [1.807, 2.05) is 92.7 Å². The number of aromatic nitrogens is 7. The Morgan fingerprint density at radius 3 is 1.08 bits per heavy atom. The summed E-state index contributed by atoms with van der Waals surface area (Å²) in [7, 11) is 0.522. The molecule has 0 atom stereocenters. The number of aromatic amines is 1. The molecule has 15 nitrogen and oxygen atoms in total. The van der Waals surface area contributed by atoms with Gasteiger partial charge < -0.3 is 18.6 Å². The van der Waals surface area contributed by atoms with Crippen LogP contribution in [0.25, 0.3) is 123 Å². The largest absolute Gasteiger partial charge is 0.354 e. The van der Waals surface area contributed by atoms with E-state index in [4.69, 9.17) is 43.5 Å². The number of fused-ring (bicyclic) bond motifs is 27. The van der Waals surface area contributed by atoms with Crippen molar-refractivity contribution in [1.29, 1.82) is 0 Å². The number of hydrogen-bond acceptors (Lipinski definition) is 13. The number of nitro groups is 1. The van der Waals surface area contributed by atoms with E-state index in [0.717, 1.165) is 78.3 Å². The highest BCUT2D eigenvalue weighted by Crippen LogP contribution is 2.66. The van der Waals surface area contributed by atoms with Gasteiger partial charge in [0.1, 0.15) is 0 Å². The summed E-state index contributed by atoms with van der Waals surface area (Å²) in [6.45, 7) is 14.2. The number of H-pyrrole nitrogens is 1. The molecule has 16 heteroatoms. The first-order valence-electron chi connectivity index (χ1n) is 44.5. The molecule has 5 heterocycles. The second-order valence-corrected chi connectivity index (χ2v) is 36.2. The molecule has 0 saturated heterocycles. The molecule has 131 heavy (non-hydrogen) atoms. The van der Waals surface area contributed by atoms with E-state index >= 15 is 0 Å². The molecule has 632 valence electrons. The summed E-state index contributed by atoms with van der Waals surface area (Å²) in [5, 5.41) is 14.6. The van der Waals surface area contributed by atoms with Gasteiger partial charge in [-0.3, -0.25) is 19.9 Å². The second kappa shape index (κ2) is 31.5. The third-order valence-corrected chi connectivity index (χ3v) is 28.6. The predicted molar refractivity (Wildman–Crippen MR) is 526 cm³/mol. The molecular formula is C115H87N10O5P. The first-order valence-corrected chi connectivity index (χ1v) is 45.6. The van der Waals surface area contributed by atoms with Gasteiger partial charge >= 0.3 is 8.60 Å². The van der Waals surface area contributed by atoms with Gasteiger partial charge in [0, 0.05) is 68.1 Å². The van der Waals surface area contributed by atoms with Gasteiger partial charge in [0.05, 0.1) is 57.3 Å². The van der Waals surface area contributed by atoms with Crippen molar-refractivity contribution in [2.75, 3.05) is 30.1 Å². The van der Waals surface area contributed by atoms with Crippen LogP contribution in [0.5, 0.6) is 0 Å². The van der Waals surface area contributed by atoms with Gasteiger partial charge in [0.25, 0.3) is 5.69 Å². The van der Waals surface area contributed by atoms with Gasteiger partial charge in [-0.1, -0.05) is 331 Å². The maximum Gasteiger partial charge on any atom is 0.332 e. The van der Waals surface area contributed by atoms with Crippen molar-refractivity contribution in [2.24, 2.45) is 0 Å². The van der Waals surface area contributed by atoms with Crippen LogP contribution in [-0.4, -0.2) is 60.1 Å². The van der Waals surface area contributed by atoms with E-state index < -0.39 is 24.8 Å². The highest BCUT2D eigenvalue weighted by atomic mass is 31.2. The first kappa shape index (κ1) is 80.2. The van der Waals surface area contributed by atoms with Crippen LogP contribution in [0.3, 0.4) is 0 Å². The highest BCUT2D eigenvalue weighted by molar-refractivity contribution is 7.41. The van der Waals surface area contributed by atoms with E-state index in [9.17, 15) is 10.1 Å². The van der Waals surface area contributed by atoms with Crippen LogP contribution in [0.15, 0.2) is 370 Å². The summed E-state index contributed by atoms with van der Waals surface area (Å²) in [4.78, 5) is 51.8. The maximum atomic E-state index is 12.2. The van der Waals surface area contributed by atoms with Crippen molar-refractivity contribution >= 4 is 70.7 Å². The molecule has 1 N–H and O–H groups in total. The van der Waals surface area contributed by atoms with Crippen LogP contribution in [0.4, 0.5) is 40.3 Å². The van der Waals surface area contributed by atoms with E-state index in [-0.39, 0.29) is 16.0 Å². The second-order valence-electron chi connectivity index (χ2n) is 34.9. The summed E-state index contributed by atoms with van der Waals surface area (Å²) in [6, 6.07) is 130. The van der Waals surface area contributed by atoms with Crippen molar-refractivity contribution in [3.8, 4) is 101 Å². The summed E-state index contributed by atoms with van der Waals surface area (Å²) >= 11 is 0. The zero-order chi connectivity index (χ0) is 88.6. The molecule has 0 radical (unpaired) electrons. The van der Waals surface area contributed by atoms with Crippen molar-refractivity contribution in [1.82, 2.24) is 34.9 Å². The Morgan fingerprint density at radius 1 is 0.305 bits per heavy atom. The predicted octanol–water partition coefficient (Wildman–Crippen LogP) is 28.5. The molecule has 0 fully saturated rings. The Bertz CT molecular complexity index is 7770. The lowest BCUT2D eigenvalue weighted by Gasteiger charge is -2.41. The van der Waals surface area contributed by atoms with Gasteiger partial charge in [-0.15, -0.1) is 0 Å². The van der Waals surface area contributed by atoms with Crippen molar-refractivity contribution in [3.63, 3.8) is 0 Å². The SMILES string of the molecule is CC1(C)c2ccccc2N(c2nc(-c3ccccc3)nc(-c3ccc4c(c3)-c3ccccc3C43c4ccccc4-c4ccccc43)n2)c2cc3[nH]c4ccccc4c3cc21.CC1(C)c2ccccc2N(c2nc(-c3ccccc3)nc(-c3ccc4c(c3)-c3ccccc3C43c4ccccc4-c4ccccc43)n2)c2ccc(-c3ccccc3[N+](=O)[O-])cc21.CCOP(OC)OCC. The van der Waals surface area contributed by atoms with Gasteiger partial charge in [0.2, 0.25) is 11.9 Å². The molecular weight excluding hydrogens is 1630 g/mol. The third kappa shape index (κ3) is 12.5. The van der Waals surface area contributed by atoms with Crippen LogP contribution in [0, 0.1) is 10.1 Å². The zero-order valence-corrected chi connectivity index (χ0v) is 74.0. The summed E-state index contributed by atoms with van der Waals surface area (Å²) in [5.41, 5.74) is 34.4. The van der Waals surface area contributed by atoms with Crippen LogP contribution < -0.4 is 9.80 Å². The molecule has 0 amide bonds. The molecule has 2 spiro atoms. The maximum absolute atomic E-state index is 12.2. The van der Waals surface area contributed by atoms with Gasteiger partial charge in [-0.25, -0.2) is 9.97 Å². The highest BCUT2D eigenvalue weighted by Gasteiger charge is 2.54. The smallest absolute Gasteiger partial charge is 0.332 e. The Kier molecular flexibility index (Phi) is 19.3. The molecule has 4 aliphatic carbocycles. The molecule has 25 rings (SSSR count). The lowest BCUT2D eigenvalue weighted by molar-refractivity contribution is -0.384. The molecule has 16 aromatic carbocycles. The van der Waals surface area contributed by atoms with E-state index in [1.54, 1.807) is 19.2 Å². The van der Waals surface area contributed by atoms with Crippen LogP contribution >= 0.6 is 8.60 Å². The molecule has 19 aromatic rings. The number of nitrogens with one attached hydrogen (secondary N) is 1. The molecule has 0 saturated carbocycles. The van der Waals surface area contributed by atoms with Gasteiger partial charge in [0.15, 0.2) is 23.3 Å². The van der Waals surface area contributed by atoms with Crippen LogP contribution in [0.1, 0.15) is 108 Å².